The molecular weight excluding hydrogens is 330 g/mol. The number of fused-ring (bicyclic) bond motifs is 1. The Balaban J connectivity index is 1.58. The molecule has 6 heteroatoms. The van der Waals surface area contributed by atoms with Gasteiger partial charge in [-0.15, -0.1) is 0 Å². The number of carboxylic acid groups (broad SMARTS) is 1. The summed E-state index contributed by atoms with van der Waals surface area (Å²) in [5.74, 6) is 0. The highest BCUT2D eigenvalue weighted by Gasteiger charge is 2.27. The van der Waals surface area contributed by atoms with Crippen LogP contribution in [0.3, 0.4) is 0 Å². The number of anilines is 4. The van der Waals surface area contributed by atoms with Gasteiger partial charge in [-0.3, -0.25) is 4.90 Å². The van der Waals surface area contributed by atoms with Gasteiger partial charge in [0.25, 0.3) is 0 Å². The molecule has 0 bridgehead atoms. The Morgan fingerprint density at radius 1 is 0.846 bits per heavy atom. The van der Waals surface area contributed by atoms with E-state index in [4.69, 9.17) is 0 Å². The number of hydrogen-bond donors (Lipinski definition) is 2. The maximum absolute atomic E-state index is 11.5. The van der Waals surface area contributed by atoms with Crippen molar-refractivity contribution in [2.24, 2.45) is 0 Å². The molecule has 1 fully saturated rings. The number of nitrogens with zero attached hydrogens (tertiary/aromatic N) is 3. The van der Waals surface area contributed by atoms with Gasteiger partial charge in [0.2, 0.25) is 0 Å². The number of carbonyl (C=O) groups is 1. The Kier molecular flexibility index (Phi) is 4.42. The van der Waals surface area contributed by atoms with Gasteiger partial charge in [-0.1, -0.05) is 12.1 Å². The van der Waals surface area contributed by atoms with Gasteiger partial charge in [0.1, 0.15) is 0 Å². The minimum atomic E-state index is -0.917. The van der Waals surface area contributed by atoms with Gasteiger partial charge in [-0.2, -0.15) is 0 Å². The van der Waals surface area contributed by atoms with Crippen LogP contribution in [-0.4, -0.2) is 48.6 Å². The second-order valence-electron chi connectivity index (χ2n) is 6.81. The first-order chi connectivity index (χ1) is 12.6. The van der Waals surface area contributed by atoms with Crippen molar-refractivity contribution in [2.45, 2.75) is 18.9 Å². The van der Waals surface area contributed by atoms with Crippen molar-refractivity contribution in [2.75, 3.05) is 40.9 Å². The average molecular weight is 353 g/mol. The Bertz CT molecular complexity index is 785. The van der Waals surface area contributed by atoms with Crippen molar-refractivity contribution in [1.82, 2.24) is 0 Å². The summed E-state index contributed by atoms with van der Waals surface area (Å²) in [4.78, 5) is 17.4. The Hall–Kier alpha value is -2.73. The van der Waals surface area contributed by atoms with Gasteiger partial charge in [-0.25, -0.2) is 4.79 Å². The minimum absolute atomic E-state index is 0.174. The molecule has 2 aromatic rings. The van der Waals surface area contributed by atoms with Crippen LogP contribution in [-0.2, 0) is 0 Å². The molecule has 2 aromatic carbocycles. The fourth-order valence-electron chi connectivity index (χ4n) is 3.80. The number of aliphatic hydroxyl groups excluding tert-OH is 1. The fraction of sp³-hybridized carbons (Fsp3) is 0.350. The van der Waals surface area contributed by atoms with E-state index in [1.807, 2.05) is 24.3 Å². The predicted molar refractivity (Wildman–Crippen MR) is 103 cm³/mol. The van der Waals surface area contributed by atoms with Crippen LogP contribution in [0.5, 0.6) is 0 Å². The fourth-order valence-corrected chi connectivity index (χ4v) is 3.80. The van der Waals surface area contributed by atoms with E-state index in [0.29, 0.717) is 13.1 Å². The zero-order valence-electron chi connectivity index (χ0n) is 14.6. The molecule has 0 radical (unpaired) electrons. The first kappa shape index (κ1) is 16.7. The molecule has 6 nitrogen and oxygen atoms in total. The normalized spacial score (nSPS) is 18.0. The second kappa shape index (κ2) is 6.88. The van der Waals surface area contributed by atoms with Crippen LogP contribution in [0.1, 0.15) is 12.8 Å². The van der Waals surface area contributed by atoms with Gasteiger partial charge in [0.15, 0.2) is 0 Å². The highest BCUT2D eigenvalue weighted by molar-refractivity contribution is 5.94. The molecule has 26 heavy (non-hydrogen) atoms. The number of benzene rings is 2. The van der Waals surface area contributed by atoms with Gasteiger partial charge >= 0.3 is 6.09 Å². The summed E-state index contributed by atoms with van der Waals surface area (Å²) in [5.41, 5.74) is 3.86. The summed E-state index contributed by atoms with van der Waals surface area (Å²) in [5, 5.41) is 19.1. The first-order valence-corrected chi connectivity index (χ1v) is 9.03. The van der Waals surface area contributed by atoms with Crippen LogP contribution in [0.2, 0.25) is 0 Å². The molecule has 0 aromatic heterocycles. The van der Waals surface area contributed by atoms with E-state index < -0.39 is 6.09 Å². The van der Waals surface area contributed by atoms with Crippen LogP contribution < -0.4 is 14.7 Å². The van der Waals surface area contributed by atoms with E-state index in [1.54, 1.807) is 0 Å². The third-order valence-electron chi connectivity index (χ3n) is 5.23. The van der Waals surface area contributed by atoms with Crippen molar-refractivity contribution >= 4 is 28.8 Å². The molecule has 0 unspecified atom stereocenters. The predicted octanol–water partition coefficient (Wildman–Crippen LogP) is 3.28. The van der Waals surface area contributed by atoms with Crippen molar-refractivity contribution in [3.8, 4) is 0 Å². The molecule has 2 aliphatic rings. The largest absolute Gasteiger partial charge is 0.465 e. The van der Waals surface area contributed by atoms with E-state index in [-0.39, 0.29) is 6.10 Å². The second-order valence-corrected chi connectivity index (χ2v) is 6.81. The number of amides is 1. The summed E-state index contributed by atoms with van der Waals surface area (Å²) in [6.45, 7) is 2.82. The van der Waals surface area contributed by atoms with Crippen LogP contribution in [0, 0.1) is 0 Å². The van der Waals surface area contributed by atoms with Crippen LogP contribution in [0.25, 0.3) is 0 Å². The highest BCUT2D eigenvalue weighted by atomic mass is 16.4. The van der Waals surface area contributed by atoms with Gasteiger partial charge < -0.3 is 20.0 Å². The van der Waals surface area contributed by atoms with E-state index in [1.165, 1.54) is 4.90 Å². The molecule has 2 N–H and O–H groups in total. The SMILES string of the molecule is O=C(O)N1CCN(c2ccc(N3CCC(O)CC3)cc2)c2ccccc21. The molecule has 4 rings (SSSR count). The third-order valence-corrected chi connectivity index (χ3v) is 5.23. The van der Waals surface area contributed by atoms with Gasteiger partial charge in [0, 0.05) is 37.6 Å². The summed E-state index contributed by atoms with van der Waals surface area (Å²) in [7, 11) is 0. The highest BCUT2D eigenvalue weighted by Crippen LogP contribution is 2.38. The summed E-state index contributed by atoms with van der Waals surface area (Å²) in [6, 6.07) is 16.0. The maximum Gasteiger partial charge on any atom is 0.411 e. The van der Waals surface area contributed by atoms with Crippen LogP contribution in [0.15, 0.2) is 48.5 Å². The van der Waals surface area contributed by atoms with Crippen LogP contribution >= 0.6 is 0 Å². The monoisotopic (exact) mass is 353 g/mol. The molecule has 1 amide bonds. The van der Waals surface area contributed by atoms with E-state index >= 15 is 0 Å². The molecule has 0 spiro atoms. The third kappa shape index (κ3) is 3.08. The number of rotatable bonds is 2. The summed E-state index contributed by atoms with van der Waals surface area (Å²) in [6.07, 6.45) is 0.533. The first-order valence-electron chi connectivity index (χ1n) is 9.03. The molecule has 136 valence electrons. The van der Waals surface area contributed by atoms with Crippen LogP contribution in [0.4, 0.5) is 27.5 Å². The van der Waals surface area contributed by atoms with Gasteiger partial charge in [0.05, 0.1) is 17.5 Å². The number of piperidine rings is 1. The number of aliphatic hydroxyl groups is 1. The van der Waals surface area contributed by atoms with Crippen molar-refractivity contribution in [1.29, 1.82) is 0 Å². The number of para-hydroxylation sites is 2. The molecule has 2 heterocycles. The molecule has 1 saturated heterocycles. The molecule has 0 atom stereocenters. The Morgan fingerprint density at radius 2 is 1.46 bits per heavy atom. The lowest BCUT2D eigenvalue weighted by Gasteiger charge is -2.37. The van der Waals surface area contributed by atoms with Crippen molar-refractivity contribution < 1.29 is 15.0 Å². The topological polar surface area (TPSA) is 67.2 Å². The smallest absolute Gasteiger partial charge is 0.411 e. The van der Waals surface area contributed by atoms with E-state index in [2.05, 4.69) is 34.1 Å². The zero-order valence-corrected chi connectivity index (χ0v) is 14.6. The Morgan fingerprint density at radius 3 is 2.12 bits per heavy atom. The average Bonchev–Trinajstić information content (AvgIpc) is 2.68. The lowest BCUT2D eigenvalue weighted by atomic mass is 10.1. The minimum Gasteiger partial charge on any atom is -0.465 e. The molecule has 0 aliphatic carbocycles. The lowest BCUT2D eigenvalue weighted by Crippen LogP contribution is -2.41. The molecule has 2 aliphatic heterocycles. The molecule has 0 saturated carbocycles. The lowest BCUT2D eigenvalue weighted by molar-refractivity contribution is 0.145. The van der Waals surface area contributed by atoms with Gasteiger partial charge in [-0.05, 0) is 49.2 Å². The maximum atomic E-state index is 11.5. The van der Waals surface area contributed by atoms with Crippen molar-refractivity contribution in [3.05, 3.63) is 48.5 Å². The summed E-state index contributed by atoms with van der Waals surface area (Å²) >= 11 is 0. The quantitative estimate of drug-likeness (QED) is 0.867. The molecular formula is C20H23N3O3. The zero-order chi connectivity index (χ0) is 18.1. The van der Waals surface area contributed by atoms with E-state index in [0.717, 1.165) is 48.7 Å². The summed E-state index contributed by atoms with van der Waals surface area (Å²) < 4.78 is 0. The van der Waals surface area contributed by atoms with E-state index in [9.17, 15) is 15.0 Å². The Labute approximate surface area is 152 Å². The van der Waals surface area contributed by atoms with Crippen molar-refractivity contribution in [3.63, 3.8) is 0 Å². The standard InChI is InChI=1S/C20H23N3O3/c24-17-9-11-21(12-10-17)15-5-7-16(8-6-15)22-13-14-23(20(25)26)19-4-2-1-3-18(19)22/h1-8,17,24H,9-14H2,(H,25,26). The number of hydrogen-bond acceptors (Lipinski definition) is 4.